The number of hydrogen-bond donors (Lipinski definition) is 3. The summed E-state index contributed by atoms with van der Waals surface area (Å²) in [4.78, 5) is 10.4. The van der Waals surface area contributed by atoms with Gasteiger partial charge in [-0.3, -0.25) is 4.94 Å². The molecule has 2 aromatic rings. The van der Waals surface area contributed by atoms with Crippen molar-refractivity contribution >= 4 is 11.5 Å². The predicted molar refractivity (Wildman–Crippen MR) is 90.2 cm³/mol. The van der Waals surface area contributed by atoms with E-state index in [1.54, 1.807) is 5.48 Å². The Kier molecular flexibility index (Phi) is 4.95. The fraction of sp³-hybridized carbons (Fsp3) is 0.118. The minimum atomic E-state index is 0.223. The van der Waals surface area contributed by atoms with Crippen LogP contribution in [0.15, 0.2) is 71.3 Å². The van der Waals surface area contributed by atoms with E-state index in [-0.39, 0.29) is 5.84 Å². The number of amidine groups is 1. The highest BCUT2D eigenvalue weighted by Gasteiger charge is 2.16. The van der Waals surface area contributed by atoms with Crippen molar-refractivity contribution in [2.75, 3.05) is 0 Å². The fourth-order valence-corrected chi connectivity index (χ4v) is 2.09. The normalized spacial score (nSPS) is 15.3. The van der Waals surface area contributed by atoms with Crippen LogP contribution in [0.4, 0.5) is 5.69 Å². The summed E-state index contributed by atoms with van der Waals surface area (Å²) in [6.07, 6.45) is 0. The van der Waals surface area contributed by atoms with Crippen LogP contribution in [0.1, 0.15) is 11.1 Å². The molecule has 0 amide bonds. The predicted octanol–water partition coefficient (Wildman–Crippen LogP) is 1.67. The third-order valence-corrected chi connectivity index (χ3v) is 3.38. The summed E-state index contributed by atoms with van der Waals surface area (Å²) in [5.41, 5.74) is 13.5. The zero-order chi connectivity index (χ0) is 16.8. The molecule has 0 aliphatic carbocycles. The topological polar surface area (TPSA) is 99.6 Å². The molecule has 3 rings (SSSR count). The van der Waals surface area contributed by atoms with Gasteiger partial charge in [-0.2, -0.15) is 15.8 Å². The minimum Gasteiger partial charge on any atom is -0.606 e. The number of quaternary nitrogens is 1. The van der Waals surface area contributed by atoms with Crippen LogP contribution in [-0.2, 0) is 16.4 Å². The summed E-state index contributed by atoms with van der Waals surface area (Å²) < 4.78 is 0. The molecule has 7 nitrogen and oxygen atoms in total. The molecule has 1 aliphatic rings. The van der Waals surface area contributed by atoms with Crippen molar-refractivity contribution in [1.29, 1.82) is 0 Å². The highest BCUT2D eigenvalue weighted by atomic mass is 16.8. The molecule has 0 radical (unpaired) electrons. The zero-order valence-electron chi connectivity index (χ0n) is 13.3. The Morgan fingerprint density at radius 3 is 2.62 bits per heavy atom. The molecule has 1 heterocycles. The van der Waals surface area contributed by atoms with Crippen LogP contribution in [-0.4, -0.2) is 5.84 Å². The molecule has 5 N–H and O–H groups in total. The maximum absolute atomic E-state index is 5.81. The zero-order valence-corrected chi connectivity index (χ0v) is 13.3. The van der Waals surface area contributed by atoms with Crippen molar-refractivity contribution in [2.24, 2.45) is 10.9 Å². The van der Waals surface area contributed by atoms with Crippen molar-refractivity contribution in [3.63, 3.8) is 0 Å². The van der Waals surface area contributed by atoms with Crippen molar-refractivity contribution in [1.82, 2.24) is 5.48 Å². The van der Waals surface area contributed by atoms with Gasteiger partial charge >= 0.3 is 0 Å². The molecule has 0 bridgehead atoms. The van der Waals surface area contributed by atoms with E-state index in [2.05, 4.69) is 16.0 Å². The number of rotatable bonds is 6. The van der Waals surface area contributed by atoms with Crippen molar-refractivity contribution in [3.8, 4) is 0 Å². The molecular formula is C17H19N5O2. The molecule has 0 fully saturated rings. The van der Waals surface area contributed by atoms with Gasteiger partial charge in [-0.15, -0.1) is 5.69 Å². The van der Waals surface area contributed by atoms with Crippen LogP contribution in [0.3, 0.4) is 0 Å². The first-order valence-electron chi connectivity index (χ1n) is 7.49. The van der Waals surface area contributed by atoms with E-state index in [1.165, 1.54) is 0 Å². The minimum absolute atomic E-state index is 0.223. The standard InChI is InChI=1S/C17H18N5O2/c1-12-7-9-14(10-8-12)19-17(15-16(18)21-24-20-15)22-23-11-13-5-3-2-4-6-13/h2-10,20,22H,11H2,1H3,(H2,18,21)/q-1/p+1. The second-order valence-electron chi connectivity index (χ2n) is 5.29. The maximum Gasteiger partial charge on any atom is 0.197 e. The third kappa shape index (κ3) is 4.03. The molecule has 0 saturated heterocycles. The first-order chi connectivity index (χ1) is 11.7. The number of nitrogens with zero attached hydrogens (tertiary/aromatic N) is 2. The van der Waals surface area contributed by atoms with Crippen LogP contribution < -0.4 is 16.7 Å². The van der Waals surface area contributed by atoms with Gasteiger partial charge in [-0.1, -0.05) is 60.2 Å². The van der Waals surface area contributed by atoms with Crippen LogP contribution in [0.5, 0.6) is 0 Å². The fourth-order valence-electron chi connectivity index (χ4n) is 2.09. The highest BCUT2D eigenvalue weighted by Crippen LogP contribution is 2.23. The average Bonchev–Trinajstić information content (AvgIpc) is 3.03. The summed E-state index contributed by atoms with van der Waals surface area (Å²) in [5, 5.41) is 8.21. The number of nitrogens with two attached hydrogens (primary N) is 2. The lowest BCUT2D eigenvalue weighted by Gasteiger charge is -2.23. The molecule has 0 unspecified atom stereocenters. The highest BCUT2D eigenvalue weighted by molar-refractivity contribution is 5.97. The second kappa shape index (κ2) is 7.49. The smallest absolute Gasteiger partial charge is 0.197 e. The maximum atomic E-state index is 5.81. The molecule has 7 heteroatoms. The molecule has 2 aromatic carbocycles. The Balaban J connectivity index is 1.71. The summed E-state index contributed by atoms with van der Waals surface area (Å²) in [5.74, 6) is 0.731. The number of oxime groups is 1. The quantitative estimate of drug-likeness (QED) is 0.703. The van der Waals surface area contributed by atoms with Gasteiger partial charge in [0.05, 0.1) is 5.82 Å². The van der Waals surface area contributed by atoms with Crippen molar-refractivity contribution in [3.05, 3.63) is 82.6 Å². The van der Waals surface area contributed by atoms with Gasteiger partial charge in [0.15, 0.2) is 11.5 Å². The first-order valence-corrected chi connectivity index (χ1v) is 7.49. The van der Waals surface area contributed by atoms with Gasteiger partial charge in [-0.25, -0.2) is 0 Å². The molecule has 1 aliphatic heterocycles. The second-order valence-corrected chi connectivity index (χ2v) is 5.29. The van der Waals surface area contributed by atoms with Crippen LogP contribution in [0.2, 0.25) is 0 Å². The number of benzene rings is 2. The monoisotopic (exact) mass is 325 g/mol. The van der Waals surface area contributed by atoms with Crippen molar-refractivity contribution in [2.45, 2.75) is 13.5 Å². The van der Waals surface area contributed by atoms with E-state index >= 15 is 0 Å². The molecule has 0 aromatic heterocycles. The molecule has 124 valence electrons. The Labute approximate surface area is 140 Å². The number of aryl methyl sites for hydroxylation is 1. The summed E-state index contributed by atoms with van der Waals surface area (Å²) >= 11 is 0. The Morgan fingerprint density at radius 2 is 1.96 bits per heavy atom. The Bertz CT molecular complexity index is 741. The SMILES string of the molecule is Cc1ccc([N-]C([NH2+]OCc2ccccc2)=C2NON=C2N)cc1. The number of nitrogens with one attached hydrogen (secondary N) is 1. The summed E-state index contributed by atoms with van der Waals surface area (Å²) in [7, 11) is 0. The largest absolute Gasteiger partial charge is 0.606 e. The number of hydrogen-bond acceptors (Lipinski definition) is 5. The Morgan fingerprint density at radius 1 is 1.21 bits per heavy atom. The van der Waals surface area contributed by atoms with E-state index in [9.17, 15) is 0 Å². The average molecular weight is 325 g/mol. The van der Waals surface area contributed by atoms with Crippen LogP contribution >= 0.6 is 0 Å². The van der Waals surface area contributed by atoms with Gasteiger partial charge in [0, 0.05) is 0 Å². The van der Waals surface area contributed by atoms with Gasteiger partial charge in [-0.05, 0) is 17.6 Å². The van der Waals surface area contributed by atoms with Gasteiger partial charge < -0.3 is 11.1 Å². The van der Waals surface area contributed by atoms with Crippen LogP contribution in [0, 0.1) is 6.92 Å². The van der Waals surface area contributed by atoms with E-state index in [0.29, 0.717) is 18.1 Å². The number of hydroxylamine groups is 2. The van der Waals surface area contributed by atoms with E-state index in [0.717, 1.165) is 16.8 Å². The lowest BCUT2D eigenvalue weighted by atomic mass is 10.2. The van der Waals surface area contributed by atoms with Gasteiger partial charge in [0.1, 0.15) is 6.61 Å². The van der Waals surface area contributed by atoms with E-state index in [1.807, 2.05) is 61.5 Å². The van der Waals surface area contributed by atoms with Crippen LogP contribution in [0.25, 0.3) is 5.32 Å². The molecular weight excluding hydrogens is 306 g/mol. The molecule has 0 spiro atoms. The molecule has 24 heavy (non-hydrogen) atoms. The molecule has 0 atom stereocenters. The first kappa shape index (κ1) is 15.9. The summed E-state index contributed by atoms with van der Waals surface area (Å²) in [6.45, 7) is 2.45. The Hall–Kier alpha value is -3.03. The van der Waals surface area contributed by atoms with Gasteiger partial charge in [0.2, 0.25) is 0 Å². The molecule has 0 saturated carbocycles. The lowest BCUT2D eigenvalue weighted by Crippen LogP contribution is -2.81. The van der Waals surface area contributed by atoms with Gasteiger partial charge in [0.25, 0.3) is 0 Å². The van der Waals surface area contributed by atoms with Crippen molar-refractivity contribution < 1.29 is 15.3 Å². The third-order valence-electron chi connectivity index (χ3n) is 3.38. The van der Waals surface area contributed by atoms with E-state index in [4.69, 9.17) is 15.5 Å². The lowest BCUT2D eigenvalue weighted by molar-refractivity contribution is -0.864. The summed E-state index contributed by atoms with van der Waals surface area (Å²) in [6, 6.07) is 17.7. The van der Waals surface area contributed by atoms with E-state index < -0.39 is 0 Å².